The van der Waals surface area contributed by atoms with Crippen molar-refractivity contribution in [2.45, 2.75) is 27.2 Å². The van der Waals surface area contributed by atoms with Crippen molar-refractivity contribution in [3.8, 4) is 0 Å². The molecular formula is C12H19N3O3. The molecular weight excluding hydrogens is 234 g/mol. The quantitative estimate of drug-likeness (QED) is 0.833. The summed E-state index contributed by atoms with van der Waals surface area (Å²) in [7, 11) is 0. The van der Waals surface area contributed by atoms with Crippen molar-refractivity contribution in [1.82, 2.24) is 10.1 Å². The van der Waals surface area contributed by atoms with Gasteiger partial charge in [0.15, 0.2) is 5.82 Å². The van der Waals surface area contributed by atoms with Crippen molar-refractivity contribution >= 4 is 17.6 Å². The number of carbonyl (C=O) groups excluding carboxylic acids is 2. The highest BCUT2D eigenvalue weighted by Gasteiger charge is 2.17. The van der Waals surface area contributed by atoms with Crippen LogP contribution in [0.5, 0.6) is 0 Å². The van der Waals surface area contributed by atoms with E-state index in [1.165, 1.54) is 6.26 Å². The van der Waals surface area contributed by atoms with Gasteiger partial charge >= 0.3 is 0 Å². The van der Waals surface area contributed by atoms with E-state index in [1.807, 2.05) is 13.8 Å². The van der Waals surface area contributed by atoms with Crippen LogP contribution in [0, 0.1) is 5.92 Å². The number of carbonyl (C=O) groups is 2. The monoisotopic (exact) mass is 253 g/mol. The van der Waals surface area contributed by atoms with Gasteiger partial charge in [-0.2, -0.15) is 0 Å². The average molecular weight is 253 g/mol. The van der Waals surface area contributed by atoms with E-state index >= 15 is 0 Å². The van der Waals surface area contributed by atoms with Crippen LogP contribution in [0.4, 0.5) is 5.82 Å². The van der Waals surface area contributed by atoms with Gasteiger partial charge in [0.05, 0.1) is 6.54 Å². The fourth-order valence-corrected chi connectivity index (χ4v) is 1.55. The molecule has 1 N–H and O–H groups in total. The van der Waals surface area contributed by atoms with Crippen LogP contribution in [-0.4, -0.2) is 35.0 Å². The number of amides is 2. The first kappa shape index (κ1) is 14.2. The summed E-state index contributed by atoms with van der Waals surface area (Å²) in [5.41, 5.74) is 0. The molecule has 1 aromatic heterocycles. The third kappa shape index (κ3) is 4.57. The Morgan fingerprint density at radius 2 is 2.22 bits per heavy atom. The molecule has 0 aliphatic heterocycles. The minimum absolute atomic E-state index is 0.0287. The van der Waals surface area contributed by atoms with Crippen molar-refractivity contribution in [1.29, 1.82) is 0 Å². The molecule has 6 nitrogen and oxygen atoms in total. The number of aromatic nitrogens is 1. The van der Waals surface area contributed by atoms with Crippen LogP contribution in [0.25, 0.3) is 0 Å². The number of hydrogen-bond donors (Lipinski definition) is 1. The first-order chi connectivity index (χ1) is 8.52. The Hall–Kier alpha value is -1.85. The van der Waals surface area contributed by atoms with Crippen LogP contribution in [0.1, 0.15) is 27.2 Å². The molecule has 0 bridgehead atoms. The van der Waals surface area contributed by atoms with Crippen molar-refractivity contribution in [2.75, 3.05) is 18.4 Å². The number of rotatable bonds is 6. The van der Waals surface area contributed by atoms with E-state index in [2.05, 4.69) is 15.0 Å². The zero-order chi connectivity index (χ0) is 13.5. The molecule has 0 aliphatic carbocycles. The van der Waals surface area contributed by atoms with Crippen LogP contribution in [0.2, 0.25) is 0 Å². The van der Waals surface area contributed by atoms with Crippen LogP contribution in [0.15, 0.2) is 16.9 Å². The van der Waals surface area contributed by atoms with E-state index in [0.717, 1.165) is 0 Å². The normalized spacial score (nSPS) is 10.4. The van der Waals surface area contributed by atoms with E-state index in [0.29, 0.717) is 24.7 Å². The molecule has 2 amide bonds. The highest BCUT2D eigenvalue weighted by atomic mass is 16.5. The lowest BCUT2D eigenvalue weighted by Crippen LogP contribution is -2.39. The summed E-state index contributed by atoms with van der Waals surface area (Å²) < 4.78 is 4.61. The van der Waals surface area contributed by atoms with E-state index in [9.17, 15) is 9.59 Å². The Morgan fingerprint density at radius 1 is 1.50 bits per heavy atom. The fourth-order valence-electron chi connectivity index (χ4n) is 1.55. The maximum atomic E-state index is 11.7. The SMILES string of the molecule is CCC(=O)N(CC(=O)Nc1ccon1)CC(C)C. The van der Waals surface area contributed by atoms with Crippen molar-refractivity contribution in [3.63, 3.8) is 0 Å². The largest absolute Gasteiger partial charge is 0.363 e. The second-order valence-corrected chi connectivity index (χ2v) is 4.45. The first-order valence-electron chi connectivity index (χ1n) is 6.01. The lowest BCUT2D eigenvalue weighted by atomic mass is 10.2. The predicted octanol–water partition coefficient (Wildman–Crippen LogP) is 1.51. The van der Waals surface area contributed by atoms with Crippen LogP contribution in [0.3, 0.4) is 0 Å². The second-order valence-electron chi connectivity index (χ2n) is 4.45. The Labute approximate surface area is 106 Å². The summed E-state index contributed by atoms with van der Waals surface area (Å²) >= 11 is 0. The summed E-state index contributed by atoms with van der Waals surface area (Å²) in [5.74, 6) is 0.374. The Balaban J connectivity index is 2.54. The van der Waals surface area contributed by atoms with E-state index in [4.69, 9.17) is 0 Å². The third-order valence-corrected chi connectivity index (χ3v) is 2.28. The smallest absolute Gasteiger partial charge is 0.245 e. The first-order valence-corrected chi connectivity index (χ1v) is 6.01. The molecule has 0 radical (unpaired) electrons. The number of anilines is 1. The average Bonchev–Trinajstić information content (AvgIpc) is 2.79. The summed E-state index contributed by atoms with van der Waals surface area (Å²) in [6, 6.07) is 1.55. The highest BCUT2D eigenvalue weighted by molar-refractivity contribution is 5.93. The molecule has 1 heterocycles. The third-order valence-electron chi connectivity index (χ3n) is 2.28. The molecule has 0 saturated heterocycles. The van der Waals surface area contributed by atoms with Gasteiger partial charge in [-0.25, -0.2) is 0 Å². The van der Waals surface area contributed by atoms with E-state index in [-0.39, 0.29) is 18.4 Å². The lowest BCUT2D eigenvalue weighted by molar-refractivity contribution is -0.134. The minimum Gasteiger partial charge on any atom is -0.363 e. The summed E-state index contributed by atoms with van der Waals surface area (Å²) in [5, 5.41) is 6.15. The Kier molecular flexibility index (Phi) is 5.35. The highest BCUT2D eigenvalue weighted by Crippen LogP contribution is 2.04. The predicted molar refractivity (Wildman–Crippen MR) is 66.8 cm³/mol. The van der Waals surface area contributed by atoms with E-state index < -0.39 is 0 Å². The molecule has 0 fully saturated rings. The summed E-state index contributed by atoms with van der Waals surface area (Å²) in [4.78, 5) is 25.0. The maximum Gasteiger partial charge on any atom is 0.245 e. The van der Waals surface area contributed by atoms with Gasteiger partial charge in [0.25, 0.3) is 0 Å². The zero-order valence-corrected chi connectivity index (χ0v) is 11.0. The molecule has 18 heavy (non-hydrogen) atoms. The lowest BCUT2D eigenvalue weighted by Gasteiger charge is -2.23. The number of nitrogens with one attached hydrogen (secondary N) is 1. The molecule has 0 atom stereocenters. The van der Waals surface area contributed by atoms with Gasteiger partial charge in [-0.15, -0.1) is 0 Å². The molecule has 1 rings (SSSR count). The molecule has 6 heteroatoms. The van der Waals surface area contributed by atoms with Gasteiger partial charge in [-0.1, -0.05) is 25.9 Å². The van der Waals surface area contributed by atoms with Gasteiger partial charge in [0, 0.05) is 19.0 Å². The van der Waals surface area contributed by atoms with E-state index in [1.54, 1.807) is 17.9 Å². The molecule has 0 unspecified atom stereocenters. The Morgan fingerprint density at radius 3 is 2.72 bits per heavy atom. The summed E-state index contributed by atoms with van der Waals surface area (Å²) in [6.07, 6.45) is 1.77. The number of hydrogen-bond acceptors (Lipinski definition) is 4. The standard InChI is InChI=1S/C12H19N3O3/c1-4-12(17)15(7-9(2)3)8-11(16)13-10-5-6-18-14-10/h5-6,9H,4,7-8H2,1-3H3,(H,13,14,16). The van der Waals surface area contributed by atoms with Crippen molar-refractivity contribution in [2.24, 2.45) is 5.92 Å². The maximum absolute atomic E-state index is 11.7. The van der Waals surface area contributed by atoms with Gasteiger partial charge in [0.1, 0.15) is 6.26 Å². The molecule has 100 valence electrons. The van der Waals surface area contributed by atoms with Crippen LogP contribution in [-0.2, 0) is 9.59 Å². The topological polar surface area (TPSA) is 75.4 Å². The fraction of sp³-hybridized carbons (Fsp3) is 0.583. The second kappa shape index (κ2) is 6.78. The van der Waals surface area contributed by atoms with Gasteiger partial charge in [-0.3, -0.25) is 9.59 Å². The van der Waals surface area contributed by atoms with Crippen molar-refractivity contribution in [3.05, 3.63) is 12.3 Å². The van der Waals surface area contributed by atoms with Gasteiger partial charge in [-0.05, 0) is 5.92 Å². The molecule has 0 spiro atoms. The molecule has 0 aromatic carbocycles. The Bertz CT molecular complexity index is 387. The molecule has 1 aromatic rings. The van der Waals surface area contributed by atoms with Crippen LogP contribution < -0.4 is 5.32 Å². The summed E-state index contributed by atoms with van der Waals surface area (Å²) in [6.45, 7) is 6.40. The molecule has 0 aliphatic rings. The van der Waals surface area contributed by atoms with Gasteiger partial charge in [0.2, 0.25) is 11.8 Å². The zero-order valence-electron chi connectivity index (χ0n) is 11.0. The van der Waals surface area contributed by atoms with Gasteiger partial charge < -0.3 is 14.7 Å². The van der Waals surface area contributed by atoms with Crippen LogP contribution >= 0.6 is 0 Å². The molecule has 0 saturated carbocycles. The van der Waals surface area contributed by atoms with Crippen molar-refractivity contribution < 1.29 is 14.1 Å². The number of nitrogens with zero attached hydrogens (tertiary/aromatic N) is 2. The minimum atomic E-state index is -0.272.